The lowest BCUT2D eigenvalue weighted by Crippen LogP contribution is -2.46. The zero-order valence-electron chi connectivity index (χ0n) is 15.3. The first-order chi connectivity index (χ1) is 12.3. The summed E-state index contributed by atoms with van der Waals surface area (Å²) < 4.78 is 16.5. The molecule has 4 heteroatoms. The largest absolute Gasteiger partial charge is 0.277 e. The van der Waals surface area contributed by atoms with Crippen LogP contribution >= 0.6 is 0 Å². The summed E-state index contributed by atoms with van der Waals surface area (Å²) in [4.78, 5) is 5.01. The molecule has 0 amide bonds. The second kappa shape index (κ2) is 5.28. The summed E-state index contributed by atoms with van der Waals surface area (Å²) >= 11 is 0. The summed E-state index contributed by atoms with van der Waals surface area (Å²) in [7, 11) is 0. The molecule has 1 aliphatic rings. The number of benzene rings is 1. The van der Waals surface area contributed by atoms with Crippen LogP contribution in [0.3, 0.4) is 0 Å². The summed E-state index contributed by atoms with van der Waals surface area (Å²) in [6, 6.07) is 11.0. The SMILES string of the molecule is C#Cc1ccc2cc(C3=NC(C)(C)C(C)(C)c4c(F)cccc43)cnn12. The van der Waals surface area contributed by atoms with Crippen molar-refractivity contribution in [2.45, 2.75) is 38.6 Å². The van der Waals surface area contributed by atoms with Gasteiger partial charge in [0, 0.05) is 22.1 Å². The highest BCUT2D eigenvalue weighted by Crippen LogP contribution is 2.44. The predicted octanol–water partition coefficient (Wildman–Crippen LogP) is 4.36. The molecule has 0 N–H and O–H groups in total. The van der Waals surface area contributed by atoms with Crippen LogP contribution in [0.25, 0.3) is 5.52 Å². The van der Waals surface area contributed by atoms with Gasteiger partial charge in [0.2, 0.25) is 0 Å². The standard InChI is InChI=1S/C22H20FN3/c1-6-15-10-11-16-12-14(13-24-26(15)16)20-17-8-7-9-18(23)19(17)21(2,3)22(4,5)25-20/h1,7-13H,2-5H3. The molecular formula is C22H20FN3. The van der Waals surface area contributed by atoms with Crippen molar-refractivity contribution in [2.24, 2.45) is 4.99 Å². The molecule has 0 saturated carbocycles. The Labute approximate surface area is 152 Å². The lowest BCUT2D eigenvalue weighted by atomic mass is 9.65. The van der Waals surface area contributed by atoms with Gasteiger partial charge in [0.25, 0.3) is 0 Å². The van der Waals surface area contributed by atoms with Gasteiger partial charge in [0.1, 0.15) is 11.5 Å². The zero-order valence-corrected chi connectivity index (χ0v) is 15.3. The molecule has 0 unspecified atom stereocenters. The van der Waals surface area contributed by atoms with Crippen molar-refractivity contribution < 1.29 is 4.39 Å². The maximum Gasteiger partial charge on any atom is 0.127 e. The van der Waals surface area contributed by atoms with Gasteiger partial charge < -0.3 is 0 Å². The van der Waals surface area contributed by atoms with Gasteiger partial charge in [0.15, 0.2) is 0 Å². The second-order valence-electron chi connectivity index (χ2n) is 7.75. The number of fused-ring (bicyclic) bond motifs is 2. The molecular weight excluding hydrogens is 325 g/mol. The van der Waals surface area contributed by atoms with E-state index in [2.05, 4.69) is 11.0 Å². The third-order valence-corrected chi connectivity index (χ3v) is 5.74. The molecule has 0 fully saturated rings. The summed E-state index contributed by atoms with van der Waals surface area (Å²) in [6.07, 6.45) is 7.26. The van der Waals surface area contributed by atoms with E-state index < -0.39 is 11.0 Å². The first-order valence-corrected chi connectivity index (χ1v) is 8.60. The lowest BCUT2D eigenvalue weighted by Gasteiger charge is -2.44. The minimum absolute atomic E-state index is 0.195. The Morgan fingerprint density at radius 1 is 1.12 bits per heavy atom. The van der Waals surface area contributed by atoms with E-state index >= 15 is 0 Å². The van der Waals surface area contributed by atoms with Gasteiger partial charge in [-0.15, -0.1) is 6.42 Å². The van der Waals surface area contributed by atoms with Crippen molar-refractivity contribution in [1.29, 1.82) is 0 Å². The summed E-state index contributed by atoms with van der Waals surface area (Å²) in [5, 5.41) is 4.47. The topological polar surface area (TPSA) is 29.7 Å². The number of halogens is 1. The van der Waals surface area contributed by atoms with Crippen LogP contribution in [0, 0.1) is 18.2 Å². The van der Waals surface area contributed by atoms with Gasteiger partial charge >= 0.3 is 0 Å². The van der Waals surface area contributed by atoms with Crippen LogP contribution in [0.15, 0.2) is 47.6 Å². The fourth-order valence-electron chi connectivity index (χ4n) is 3.60. The van der Waals surface area contributed by atoms with Gasteiger partial charge in [-0.25, -0.2) is 8.91 Å². The molecule has 1 aliphatic heterocycles. The summed E-state index contributed by atoms with van der Waals surface area (Å²) in [5.74, 6) is 2.42. The molecule has 1 aromatic carbocycles. The lowest BCUT2D eigenvalue weighted by molar-refractivity contribution is 0.293. The molecule has 0 saturated heterocycles. The van der Waals surface area contributed by atoms with Gasteiger partial charge in [-0.05, 0) is 38.1 Å². The number of aromatic nitrogens is 2. The molecule has 0 radical (unpaired) electrons. The van der Waals surface area contributed by atoms with Crippen molar-refractivity contribution >= 4 is 11.2 Å². The fraction of sp³-hybridized carbons (Fsp3) is 0.273. The van der Waals surface area contributed by atoms with E-state index in [-0.39, 0.29) is 5.82 Å². The van der Waals surface area contributed by atoms with Crippen LogP contribution in [0.1, 0.15) is 50.1 Å². The Morgan fingerprint density at radius 2 is 1.88 bits per heavy atom. The van der Waals surface area contributed by atoms with Crippen molar-refractivity contribution in [1.82, 2.24) is 9.61 Å². The van der Waals surface area contributed by atoms with E-state index in [4.69, 9.17) is 11.4 Å². The number of terminal acetylenes is 1. The average molecular weight is 345 g/mol. The highest BCUT2D eigenvalue weighted by molar-refractivity contribution is 6.15. The normalized spacial score (nSPS) is 17.5. The maximum absolute atomic E-state index is 14.8. The molecule has 3 nitrogen and oxygen atoms in total. The smallest absolute Gasteiger partial charge is 0.127 e. The molecule has 0 atom stereocenters. The van der Waals surface area contributed by atoms with Crippen LogP contribution in [-0.4, -0.2) is 20.9 Å². The first kappa shape index (κ1) is 16.5. The van der Waals surface area contributed by atoms with E-state index in [0.29, 0.717) is 11.3 Å². The van der Waals surface area contributed by atoms with Gasteiger partial charge in [-0.2, -0.15) is 5.10 Å². The maximum atomic E-state index is 14.8. The van der Waals surface area contributed by atoms with Gasteiger partial charge in [-0.1, -0.05) is 31.9 Å². The first-order valence-electron chi connectivity index (χ1n) is 8.60. The van der Waals surface area contributed by atoms with E-state index in [9.17, 15) is 4.39 Å². The van der Waals surface area contributed by atoms with E-state index in [1.807, 2.05) is 52.0 Å². The Balaban J connectivity index is 1.99. The van der Waals surface area contributed by atoms with E-state index in [0.717, 1.165) is 22.4 Å². The fourth-order valence-corrected chi connectivity index (χ4v) is 3.60. The Kier molecular flexibility index (Phi) is 3.36. The molecule has 0 spiro atoms. The summed E-state index contributed by atoms with van der Waals surface area (Å²) in [5.41, 5.74) is 3.84. The molecule has 0 aliphatic carbocycles. The average Bonchev–Trinajstić information content (AvgIpc) is 3.00. The predicted molar refractivity (Wildman–Crippen MR) is 102 cm³/mol. The third-order valence-electron chi connectivity index (χ3n) is 5.74. The second-order valence-corrected chi connectivity index (χ2v) is 7.75. The van der Waals surface area contributed by atoms with E-state index in [1.165, 1.54) is 6.07 Å². The summed E-state index contributed by atoms with van der Waals surface area (Å²) in [6.45, 7) is 8.18. The van der Waals surface area contributed by atoms with Gasteiger partial charge in [0.05, 0.1) is 23.0 Å². The highest BCUT2D eigenvalue weighted by atomic mass is 19.1. The molecule has 26 heavy (non-hydrogen) atoms. The molecule has 2 aromatic heterocycles. The minimum Gasteiger partial charge on any atom is -0.277 e. The number of hydrogen-bond donors (Lipinski definition) is 0. The quantitative estimate of drug-likeness (QED) is 0.603. The Bertz CT molecular complexity index is 1110. The molecule has 3 aromatic rings. The van der Waals surface area contributed by atoms with Gasteiger partial charge in [-0.3, -0.25) is 4.99 Å². The third kappa shape index (κ3) is 2.13. The van der Waals surface area contributed by atoms with Crippen molar-refractivity contribution in [2.75, 3.05) is 0 Å². The Hall–Kier alpha value is -2.93. The van der Waals surface area contributed by atoms with E-state index in [1.54, 1.807) is 16.8 Å². The van der Waals surface area contributed by atoms with Crippen LogP contribution in [0.5, 0.6) is 0 Å². The molecule has 0 bridgehead atoms. The number of nitrogens with zero attached hydrogens (tertiary/aromatic N) is 3. The number of rotatable bonds is 1. The van der Waals surface area contributed by atoms with Crippen molar-refractivity contribution in [3.05, 3.63) is 70.8 Å². The number of hydrogen-bond acceptors (Lipinski definition) is 2. The minimum atomic E-state index is -0.463. The van der Waals surface area contributed by atoms with Crippen LogP contribution in [0.2, 0.25) is 0 Å². The Morgan fingerprint density at radius 3 is 2.62 bits per heavy atom. The molecule has 130 valence electrons. The van der Waals surface area contributed by atoms with Crippen LogP contribution in [-0.2, 0) is 5.41 Å². The van der Waals surface area contributed by atoms with Crippen molar-refractivity contribution in [3.8, 4) is 12.3 Å². The van der Waals surface area contributed by atoms with Crippen LogP contribution in [0.4, 0.5) is 4.39 Å². The monoisotopic (exact) mass is 345 g/mol. The molecule has 4 rings (SSSR count). The van der Waals surface area contributed by atoms with Crippen molar-refractivity contribution in [3.63, 3.8) is 0 Å². The zero-order chi connectivity index (χ0) is 18.7. The highest BCUT2D eigenvalue weighted by Gasteiger charge is 2.45. The molecule has 3 heterocycles. The number of aliphatic imine (C=N–C) groups is 1. The van der Waals surface area contributed by atoms with Crippen LogP contribution < -0.4 is 0 Å².